The van der Waals surface area contributed by atoms with E-state index in [1.54, 1.807) is 11.3 Å². The average Bonchev–Trinajstić information content (AvgIpc) is 3.48. The van der Waals surface area contributed by atoms with Gasteiger partial charge in [0.25, 0.3) is 0 Å². The van der Waals surface area contributed by atoms with Crippen LogP contribution >= 0.6 is 23.1 Å². The number of primary amides is 1. The van der Waals surface area contributed by atoms with Crippen molar-refractivity contribution in [2.24, 2.45) is 15.7 Å². The van der Waals surface area contributed by atoms with E-state index in [1.165, 1.54) is 11.8 Å². The standard InChI is InChI=1S/C24H18N6OS2/c25-16(31)13-32-24-28-19-17-18(14-7-3-1-4-8-14)27-21(15-9-5-2-6-10-15)29-23(17)33-20(19)22-26-11-12-30(22)24/h1-10H,11-13H2,(H2,25,31). The minimum absolute atomic E-state index is 0.167. The van der Waals surface area contributed by atoms with Crippen LogP contribution in [-0.4, -0.2) is 50.6 Å². The molecule has 0 spiro atoms. The largest absolute Gasteiger partial charge is 0.369 e. The van der Waals surface area contributed by atoms with Crippen molar-refractivity contribution in [3.05, 3.63) is 65.5 Å². The van der Waals surface area contributed by atoms with Crippen LogP contribution in [0, 0.1) is 0 Å². The van der Waals surface area contributed by atoms with Gasteiger partial charge in [0.2, 0.25) is 5.91 Å². The highest BCUT2D eigenvalue weighted by Crippen LogP contribution is 2.46. The molecule has 1 amide bonds. The molecule has 2 aromatic heterocycles. The Hall–Kier alpha value is -3.56. The summed E-state index contributed by atoms with van der Waals surface area (Å²) in [5.74, 6) is 1.36. The first-order valence-corrected chi connectivity index (χ1v) is 12.3. The van der Waals surface area contributed by atoms with Gasteiger partial charge in [0, 0.05) is 17.7 Å². The van der Waals surface area contributed by atoms with E-state index in [1.807, 2.05) is 48.5 Å². The van der Waals surface area contributed by atoms with Gasteiger partial charge in [-0.1, -0.05) is 72.4 Å². The number of hydrogen-bond donors (Lipinski definition) is 1. The zero-order valence-electron chi connectivity index (χ0n) is 17.4. The Morgan fingerprint density at radius 1 is 1.03 bits per heavy atom. The van der Waals surface area contributed by atoms with E-state index in [0.29, 0.717) is 12.4 Å². The smallest absolute Gasteiger partial charge is 0.227 e. The number of thiophene rings is 1. The molecule has 2 aliphatic rings. The molecule has 2 aromatic carbocycles. The van der Waals surface area contributed by atoms with Crippen LogP contribution in [0.15, 0.2) is 70.6 Å². The highest BCUT2D eigenvalue weighted by molar-refractivity contribution is 8.14. The Kier molecular flexibility index (Phi) is 4.92. The van der Waals surface area contributed by atoms with Gasteiger partial charge in [0.1, 0.15) is 10.7 Å². The van der Waals surface area contributed by atoms with E-state index in [9.17, 15) is 4.79 Å². The summed E-state index contributed by atoms with van der Waals surface area (Å²) in [4.78, 5) is 35.0. The first-order valence-electron chi connectivity index (χ1n) is 10.5. The van der Waals surface area contributed by atoms with Gasteiger partial charge in [-0.15, -0.1) is 11.3 Å². The van der Waals surface area contributed by atoms with E-state index in [4.69, 9.17) is 25.7 Å². The average molecular weight is 471 g/mol. The maximum atomic E-state index is 11.4. The number of aromatic nitrogens is 2. The number of amidine groups is 2. The van der Waals surface area contributed by atoms with Crippen molar-refractivity contribution in [3.8, 4) is 22.6 Å². The third-order valence-electron chi connectivity index (χ3n) is 5.43. The van der Waals surface area contributed by atoms with Crippen LogP contribution < -0.4 is 5.73 Å². The molecule has 33 heavy (non-hydrogen) atoms. The number of rotatable bonds is 4. The van der Waals surface area contributed by atoms with Gasteiger partial charge in [-0.3, -0.25) is 9.79 Å². The summed E-state index contributed by atoms with van der Waals surface area (Å²) in [5, 5.41) is 1.65. The second-order valence-corrected chi connectivity index (χ2v) is 9.54. The molecule has 2 N–H and O–H groups in total. The summed E-state index contributed by atoms with van der Waals surface area (Å²) < 4.78 is 0. The molecule has 6 rings (SSSR count). The van der Waals surface area contributed by atoms with Crippen molar-refractivity contribution < 1.29 is 4.79 Å². The van der Waals surface area contributed by atoms with Crippen LogP contribution in [0.1, 0.15) is 4.88 Å². The van der Waals surface area contributed by atoms with E-state index in [0.717, 1.165) is 55.2 Å². The molecule has 162 valence electrons. The second kappa shape index (κ2) is 8.09. The molecule has 0 bridgehead atoms. The molecule has 4 heterocycles. The Morgan fingerprint density at radius 3 is 2.48 bits per heavy atom. The molecule has 0 unspecified atom stereocenters. The summed E-state index contributed by atoms with van der Waals surface area (Å²) in [6.45, 7) is 1.42. The van der Waals surface area contributed by atoms with Crippen molar-refractivity contribution in [1.29, 1.82) is 0 Å². The minimum atomic E-state index is -0.373. The van der Waals surface area contributed by atoms with Gasteiger partial charge < -0.3 is 10.6 Å². The molecule has 2 aliphatic heterocycles. The molecule has 9 heteroatoms. The summed E-state index contributed by atoms with van der Waals surface area (Å²) in [7, 11) is 0. The minimum Gasteiger partial charge on any atom is -0.369 e. The molecule has 0 atom stereocenters. The highest BCUT2D eigenvalue weighted by atomic mass is 32.2. The van der Waals surface area contributed by atoms with E-state index in [2.05, 4.69) is 17.0 Å². The molecule has 0 saturated carbocycles. The molecule has 0 fully saturated rings. The van der Waals surface area contributed by atoms with E-state index < -0.39 is 0 Å². The number of amides is 1. The van der Waals surface area contributed by atoms with Crippen LogP contribution in [0.3, 0.4) is 0 Å². The summed E-state index contributed by atoms with van der Waals surface area (Å²) in [6, 6.07) is 20.1. The normalized spacial score (nSPS) is 14.6. The molecule has 0 aliphatic carbocycles. The lowest BCUT2D eigenvalue weighted by Crippen LogP contribution is -2.35. The first-order chi connectivity index (χ1) is 16.2. The zero-order valence-corrected chi connectivity index (χ0v) is 19.1. The predicted octanol–water partition coefficient (Wildman–Crippen LogP) is 4.31. The van der Waals surface area contributed by atoms with Gasteiger partial charge in [-0.2, -0.15) is 0 Å². The summed E-state index contributed by atoms with van der Waals surface area (Å²) >= 11 is 2.93. The van der Waals surface area contributed by atoms with Crippen LogP contribution in [0.5, 0.6) is 0 Å². The number of thioether (sulfide) groups is 1. The van der Waals surface area contributed by atoms with Gasteiger partial charge in [-0.25, -0.2) is 15.0 Å². The number of carbonyl (C=O) groups is 1. The fourth-order valence-electron chi connectivity index (χ4n) is 4.00. The quantitative estimate of drug-likeness (QED) is 0.479. The molecule has 7 nitrogen and oxygen atoms in total. The van der Waals surface area contributed by atoms with Crippen LogP contribution in [0.2, 0.25) is 0 Å². The summed E-state index contributed by atoms with van der Waals surface area (Å²) in [5.41, 5.74) is 9.02. The molecular weight excluding hydrogens is 452 g/mol. The van der Waals surface area contributed by atoms with Crippen molar-refractivity contribution in [2.45, 2.75) is 0 Å². The number of fused-ring (bicyclic) bond motifs is 5. The molecule has 0 saturated heterocycles. The second-order valence-electron chi connectivity index (χ2n) is 7.59. The lowest BCUT2D eigenvalue weighted by Gasteiger charge is -2.24. The van der Waals surface area contributed by atoms with Gasteiger partial charge in [-0.05, 0) is 0 Å². The number of benzene rings is 2. The number of hydrogen-bond acceptors (Lipinski definition) is 8. The number of aliphatic imine (C=N–C) groups is 2. The number of nitrogens with two attached hydrogens (primary N) is 1. The van der Waals surface area contributed by atoms with Crippen molar-refractivity contribution in [2.75, 3.05) is 18.8 Å². The predicted molar refractivity (Wildman–Crippen MR) is 135 cm³/mol. The number of nitrogens with zero attached hydrogens (tertiary/aromatic N) is 5. The Morgan fingerprint density at radius 2 is 1.76 bits per heavy atom. The van der Waals surface area contributed by atoms with E-state index >= 15 is 0 Å². The lowest BCUT2D eigenvalue weighted by atomic mass is 10.1. The third kappa shape index (κ3) is 3.49. The Labute approximate surface area is 198 Å². The first kappa shape index (κ1) is 20.1. The van der Waals surface area contributed by atoms with Crippen LogP contribution in [0.4, 0.5) is 5.69 Å². The topological polar surface area (TPSA) is 96.8 Å². The van der Waals surface area contributed by atoms with Crippen molar-refractivity contribution in [1.82, 2.24) is 14.9 Å². The zero-order chi connectivity index (χ0) is 22.4. The van der Waals surface area contributed by atoms with Crippen LogP contribution in [-0.2, 0) is 4.79 Å². The highest BCUT2D eigenvalue weighted by Gasteiger charge is 2.34. The fraction of sp³-hybridized carbons (Fsp3) is 0.125. The Balaban J connectivity index is 1.62. The molecule has 4 aromatic rings. The Bertz CT molecular complexity index is 1450. The van der Waals surface area contributed by atoms with Crippen molar-refractivity contribution in [3.63, 3.8) is 0 Å². The van der Waals surface area contributed by atoms with Gasteiger partial charge in [0.15, 0.2) is 11.0 Å². The van der Waals surface area contributed by atoms with E-state index in [-0.39, 0.29) is 11.7 Å². The fourth-order valence-corrected chi connectivity index (χ4v) is 5.89. The molecular formula is C24H18N6OS2. The maximum absolute atomic E-state index is 11.4. The monoisotopic (exact) mass is 470 g/mol. The lowest BCUT2D eigenvalue weighted by molar-refractivity contribution is -0.115. The SMILES string of the molecule is NC(=O)CSC1=Nc2c(sc3nc(-c4ccccc4)nc(-c4ccccc4)c23)C2=NCCN12. The van der Waals surface area contributed by atoms with Crippen LogP contribution in [0.25, 0.3) is 32.9 Å². The number of carbonyl (C=O) groups excluding carboxylic acids is 1. The van der Waals surface area contributed by atoms with Gasteiger partial charge >= 0.3 is 0 Å². The van der Waals surface area contributed by atoms with Gasteiger partial charge in [0.05, 0.1) is 33.9 Å². The molecule has 0 radical (unpaired) electrons. The van der Waals surface area contributed by atoms with Crippen molar-refractivity contribution >= 4 is 55.9 Å². The summed E-state index contributed by atoms with van der Waals surface area (Å²) in [6.07, 6.45) is 0. The third-order valence-corrected chi connectivity index (χ3v) is 7.50. The maximum Gasteiger partial charge on any atom is 0.227 e.